The van der Waals surface area contributed by atoms with Gasteiger partial charge in [0.05, 0.1) is 29.3 Å². The molecule has 150 valence electrons. The summed E-state index contributed by atoms with van der Waals surface area (Å²) in [6.45, 7) is 1.67. The summed E-state index contributed by atoms with van der Waals surface area (Å²) in [5, 5.41) is 16.5. The molecular weight excluding hydrogens is 376 g/mol. The highest BCUT2D eigenvalue weighted by Crippen LogP contribution is 2.32. The van der Waals surface area contributed by atoms with Gasteiger partial charge in [0, 0.05) is 24.9 Å². The van der Waals surface area contributed by atoms with Crippen LogP contribution >= 0.6 is 0 Å². The van der Waals surface area contributed by atoms with Crippen molar-refractivity contribution in [1.29, 1.82) is 0 Å². The van der Waals surface area contributed by atoms with Crippen molar-refractivity contribution >= 4 is 23.3 Å². The molecule has 0 aromatic heterocycles. The molecule has 0 saturated carbocycles. The van der Waals surface area contributed by atoms with E-state index in [0.717, 1.165) is 0 Å². The van der Waals surface area contributed by atoms with E-state index < -0.39 is 16.9 Å². The van der Waals surface area contributed by atoms with Crippen LogP contribution in [-0.2, 0) is 4.79 Å². The number of hydrogen-bond donors (Lipinski definition) is 2. The molecule has 1 atom stereocenters. The number of methoxy groups -OCH3 is 1. The number of urea groups is 1. The molecule has 0 fully saturated rings. The number of carbonyl (C=O) groups excluding carboxylic acids is 2. The van der Waals surface area contributed by atoms with Gasteiger partial charge in [-0.2, -0.15) is 0 Å². The summed E-state index contributed by atoms with van der Waals surface area (Å²) in [6.07, 6.45) is 0. The van der Waals surface area contributed by atoms with E-state index in [1.165, 1.54) is 36.3 Å². The minimum absolute atomic E-state index is 0.0753. The van der Waals surface area contributed by atoms with Gasteiger partial charge in [-0.3, -0.25) is 14.9 Å². The SMILES string of the molecule is COc1ccccc1NC(=O)C1=C(C)N(C)C(=O)N[C@H]1c1ccc([N+](=O)[O-])cc1. The quantitative estimate of drug-likeness (QED) is 0.595. The van der Waals surface area contributed by atoms with Crippen LogP contribution in [0.25, 0.3) is 0 Å². The first-order chi connectivity index (χ1) is 13.8. The predicted molar refractivity (Wildman–Crippen MR) is 106 cm³/mol. The molecule has 1 heterocycles. The van der Waals surface area contributed by atoms with Crippen LogP contribution in [-0.4, -0.2) is 35.9 Å². The largest absolute Gasteiger partial charge is 0.495 e. The molecule has 2 aromatic carbocycles. The molecule has 9 nitrogen and oxygen atoms in total. The van der Waals surface area contributed by atoms with E-state index in [1.54, 1.807) is 38.2 Å². The molecule has 29 heavy (non-hydrogen) atoms. The molecule has 0 radical (unpaired) electrons. The summed E-state index contributed by atoms with van der Waals surface area (Å²) in [7, 11) is 3.07. The molecular formula is C20H20N4O5. The molecule has 1 aliphatic rings. The van der Waals surface area contributed by atoms with E-state index in [-0.39, 0.29) is 11.7 Å². The number of amides is 3. The van der Waals surface area contributed by atoms with Gasteiger partial charge in [0.15, 0.2) is 0 Å². The summed E-state index contributed by atoms with van der Waals surface area (Å²) >= 11 is 0. The van der Waals surface area contributed by atoms with Crippen molar-refractivity contribution in [2.24, 2.45) is 0 Å². The number of anilines is 1. The summed E-state index contributed by atoms with van der Waals surface area (Å²) < 4.78 is 5.27. The fourth-order valence-electron chi connectivity index (χ4n) is 3.11. The van der Waals surface area contributed by atoms with Crippen molar-refractivity contribution < 1.29 is 19.2 Å². The monoisotopic (exact) mass is 396 g/mol. The van der Waals surface area contributed by atoms with Crippen LogP contribution in [0.2, 0.25) is 0 Å². The number of carbonyl (C=O) groups is 2. The molecule has 2 aromatic rings. The lowest BCUT2D eigenvalue weighted by Gasteiger charge is -2.33. The first kappa shape index (κ1) is 19.9. The molecule has 3 rings (SSSR count). The highest BCUT2D eigenvalue weighted by atomic mass is 16.6. The fourth-order valence-corrected chi connectivity index (χ4v) is 3.11. The van der Waals surface area contributed by atoms with Crippen LogP contribution in [0.3, 0.4) is 0 Å². The van der Waals surface area contributed by atoms with Crippen molar-refractivity contribution in [2.45, 2.75) is 13.0 Å². The number of allylic oxidation sites excluding steroid dienone is 1. The number of nitro benzene ring substituents is 1. The minimum Gasteiger partial charge on any atom is -0.495 e. The van der Waals surface area contributed by atoms with Crippen molar-refractivity contribution in [3.05, 3.63) is 75.5 Å². The molecule has 0 saturated heterocycles. The van der Waals surface area contributed by atoms with Gasteiger partial charge in [-0.15, -0.1) is 0 Å². The summed E-state index contributed by atoms with van der Waals surface area (Å²) in [5.41, 5.74) is 1.77. The molecule has 3 amide bonds. The van der Waals surface area contributed by atoms with Gasteiger partial charge in [0.2, 0.25) is 0 Å². The summed E-state index contributed by atoms with van der Waals surface area (Å²) in [4.78, 5) is 37.2. The Morgan fingerprint density at radius 1 is 1.21 bits per heavy atom. The topological polar surface area (TPSA) is 114 Å². The van der Waals surface area contributed by atoms with Crippen LogP contribution in [0.1, 0.15) is 18.5 Å². The van der Waals surface area contributed by atoms with Crippen LogP contribution < -0.4 is 15.4 Å². The lowest BCUT2D eigenvalue weighted by atomic mass is 9.94. The minimum atomic E-state index is -0.755. The first-order valence-electron chi connectivity index (χ1n) is 8.77. The third-order valence-electron chi connectivity index (χ3n) is 4.79. The van der Waals surface area contributed by atoms with E-state index in [9.17, 15) is 19.7 Å². The summed E-state index contributed by atoms with van der Waals surface area (Å²) in [5.74, 6) is 0.0846. The maximum absolute atomic E-state index is 13.1. The average molecular weight is 396 g/mol. The Morgan fingerprint density at radius 2 is 1.86 bits per heavy atom. The Morgan fingerprint density at radius 3 is 2.48 bits per heavy atom. The molecule has 0 unspecified atom stereocenters. The number of ether oxygens (including phenoxy) is 1. The highest BCUT2D eigenvalue weighted by molar-refractivity contribution is 6.07. The Bertz CT molecular complexity index is 1000. The maximum atomic E-state index is 13.1. The van der Waals surface area contributed by atoms with Gasteiger partial charge in [-0.25, -0.2) is 4.79 Å². The number of nitrogens with zero attached hydrogens (tertiary/aromatic N) is 2. The second-order valence-electron chi connectivity index (χ2n) is 6.44. The van der Waals surface area contributed by atoms with Gasteiger partial charge in [0.1, 0.15) is 5.75 Å². The number of nitrogens with one attached hydrogen (secondary N) is 2. The lowest BCUT2D eigenvalue weighted by molar-refractivity contribution is -0.384. The van der Waals surface area contributed by atoms with E-state index in [1.807, 2.05) is 0 Å². The van der Waals surface area contributed by atoms with E-state index in [0.29, 0.717) is 28.3 Å². The maximum Gasteiger partial charge on any atom is 0.322 e. The molecule has 9 heteroatoms. The van der Waals surface area contributed by atoms with Crippen molar-refractivity contribution in [3.63, 3.8) is 0 Å². The number of benzene rings is 2. The van der Waals surface area contributed by atoms with Crippen LogP contribution in [0.4, 0.5) is 16.2 Å². The first-order valence-corrected chi connectivity index (χ1v) is 8.77. The van der Waals surface area contributed by atoms with Gasteiger partial charge < -0.3 is 20.3 Å². The van der Waals surface area contributed by atoms with E-state index in [4.69, 9.17) is 4.74 Å². The van der Waals surface area contributed by atoms with Crippen molar-refractivity contribution in [1.82, 2.24) is 10.2 Å². The smallest absolute Gasteiger partial charge is 0.322 e. The van der Waals surface area contributed by atoms with E-state index >= 15 is 0 Å². The third-order valence-corrected chi connectivity index (χ3v) is 4.79. The van der Waals surface area contributed by atoms with Gasteiger partial charge in [0.25, 0.3) is 11.6 Å². The molecule has 0 aliphatic carbocycles. The van der Waals surface area contributed by atoms with E-state index in [2.05, 4.69) is 10.6 Å². The zero-order valence-electron chi connectivity index (χ0n) is 16.1. The zero-order chi connectivity index (χ0) is 21.1. The fraction of sp³-hybridized carbons (Fsp3) is 0.200. The molecule has 0 spiro atoms. The standard InChI is InChI=1S/C20H20N4O5/c1-12-17(19(25)21-15-6-4-5-7-16(15)29-3)18(22-20(26)23(12)2)13-8-10-14(11-9-13)24(27)28/h4-11,18H,1-3H3,(H,21,25)(H,22,26)/t18-/m0/s1. The van der Waals surface area contributed by atoms with Gasteiger partial charge in [-0.1, -0.05) is 12.1 Å². The molecule has 0 bridgehead atoms. The number of para-hydroxylation sites is 2. The van der Waals surface area contributed by atoms with Crippen molar-refractivity contribution in [2.75, 3.05) is 19.5 Å². The number of nitro groups is 1. The predicted octanol–water partition coefficient (Wildman–Crippen LogP) is 3.21. The second-order valence-corrected chi connectivity index (χ2v) is 6.44. The molecule has 2 N–H and O–H groups in total. The van der Waals surface area contributed by atoms with Gasteiger partial charge >= 0.3 is 6.03 Å². The number of non-ortho nitro benzene ring substituents is 1. The van der Waals surface area contributed by atoms with Crippen LogP contribution in [0.5, 0.6) is 5.75 Å². The molecule has 1 aliphatic heterocycles. The highest BCUT2D eigenvalue weighted by Gasteiger charge is 2.34. The summed E-state index contributed by atoms with van der Waals surface area (Å²) in [6, 6.07) is 11.6. The zero-order valence-corrected chi connectivity index (χ0v) is 16.1. The Hall–Kier alpha value is -3.88. The normalized spacial score (nSPS) is 16.3. The Labute approximate surface area is 167 Å². The Kier molecular flexibility index (Phi) is 5.49. The number of hydrogen-bond acceptors (Lipinski definition) is 5. The lowest BCUT2D eigenvalue weighted by Crippen LogP contribution is -2.46. The van der Waals surface area contributed by atoms with Gasteiger partial charge in [-0.05, 0) is 36.8 Å². The third kappa shape index (κ3) is 3.88. The van der Waals surface area contributed by atoms with Crippen LogP contribution in [0.15, 0.2) is 59.8 Å². The second kappa shape index (κ2) is 8.01. The Balaban J connectivity index is 2.00. The average Bonchev–Trinajstić information content (AvgIpc) is 2.72. The van der Waals surface area contributed by atoms with Crippen molar-refractivity contribution in [3.8, 4) is 5.75 Å². The number of rotatable bonds is 5. The van der Waals surface area contributed by atoms with Crippen LogP contribution in [0, 0.1) is 10.1 Å².